The van der Waals surface area contributed by atoms with E-state index >= 15 is 0 Å². The monoisotopic (exact) mass is 472 g/mol. The van der Waals surface area contributed by atoms with E-state index in [1.165, 1.54) is 11.1 Å². The molecule has 3 aliphatic heterocycles. The zero-order valence-electron chi connectivity index (χ0n) is 21.5. The van der Waals surface area contributed by atoms with Gasteiger partial charge in [-0.15, -0.1) is 0 Å². The van der Waals surface area contributed by atoms with Crippen molar-refractivity contribution in [3.63, 3.8) is 0 Å². The molecule has 5 rings (SSSR count). The van der Waals surface area contributed by atoms with Gasteiger partial charge in [0.05, 0.1) is 17.6 Å². The van der Waals surface area contributed by atoms with Crippen molar-refractivity contribution < 1.29 is 23.7 Å². The van der Waals surface area contributed by atoms with Crippen LogP contribution in [0.5, 0.6) is 5.88 Å². The molecule has 0 N–H and O–H groups in total. The van der Waals surface area contributed by atoms with Crippen LogP contribution in [0.3, 0.4) is 0 Å². The molecule has 186 valence electrons. The van der Waals surface area contributed by atoms with Crippen LogP contribution in [0, 0.1) is 13.8 Å². The summed E-state index contributed by atoms with van der Waals surface area (Å²) in [5.74, 6) is -1.37. The maximum Gasteiger partial charge on any atom is 0.313 e. The van der Waals surface area contributed by atoms with E-state index < -0.39 is 17.7 Å². The van der Waals surface area contributed by atoms with E-state index in [4.69, 9.17) is 23.7 Å². The van der Waals surface area contributed by atoms with Crippen LogP contribution >= 0.6 is 0 Å². The topological polar surface area (TPSA) is 81.0 Å². The highest BCUT2D eigenvalue weighted by Gasteiger charge is 2.50. The molecule has 1 aromatic carbocycles. The van der Waals surface area contributed by atoms with Crippen molar-refractivity contribution in [3.05, 3.63) is 33.1 Å². The summed E-state index contributed by atoms with van der Waals surface area (Å²) in [5.41, 5.74) is 5.09. The number of benzene rings is 1. The van der Waals surface area contributed by atoms with Gasteiger partial charge >= 0.3 is 5.56 Å². The number of aryl methyl sites for hydroxylation is 2. The molecule has 0 aliphatic carbocycles. The molecule has 0 radical (unpaired) electrons. The summed E-state index contributed by atoms with van der Waals surface area (Å²) in [6.07, 6.45) is -0.207. The first-order chi connectivity index (χ1) is 15.8. The van der Waals surface area contributed by atoms with Crippen molar-refractivity contribution in [2.24, 2.45) is 0 Å². The Bertz CT molecular complexity index is 1200. The van der Waals surface area contributed by atoms with Crippen molar-refractivity contribution in [2.45, 2.75) is 104 Å². The molecule has 2 saturated heterocycles. The summed E-state index contributed by atoms with van der Waals surface area (Å²) in [6, 6.07) is 2.05. The van der Waals surface area contributed by atoms with Gasteiger partial charge in [0.25, 0.3) is 5.88 Å². The predicted octanol–water partition coefficient (Wildman–Crippen LogP) is 3.75. The maximum absolute atomic E-state index is 13.4. The summed E-state index contributed by atoms with van der Waals surface area (Å²) in [5, 5.41) is 0. The normalized spacial score (nSPS) is 29.0. The first-order valence-corrected chi connectivity index (χ1v) is 12.1. The molecule has 4 heterocycles. The minimum atomic E-state index is -0.790. The molecule has 1 aromatic heterocycles. The minimum Gasteiger partial charge on any atom is -0.471 e. The second-order valence-corrected chi connectivity index (χ2v) is 11.4. The van der Waals surface area contributed by atoms with Crippen LogP contribution in [0.4, 0.5) is 0 Å². The zero-order valence-corrected chi connectivity index (χ0v) is 21.5. The van der Waals surface area contributed by atoms with E-state index in [0.717, 1.165) is 23.0 Å². The Morgan fingerprint density at radius 2 is 1.82 bits per heavy atom. The highest BCUT2D eigenvalue weighted by Crippen LogP contribution is 2.40. The lowest BCUT2D eigenvalue weighted by Gasteiger charge is -2.35. The summed E-state index contributed by atoms with van der Waals surface area (Å²) in [4.78, 5) is 18.1. The number of hydrogen-bond acceptors (Lipinski definition) is 7. The molecule has 3 aliphatic rings. The fourth-order valence-electron chi connectivity index (χ4n) is 5.61. The van der Waals surface area contributed by atoms with Crippen LogP contribution in [0.15, 0.2) is 10.9 Å². The fraction of sp³-hybridized carbons (Fsp3) is 0.692. The molecule has 8 heteroatoms. The molecule has 0 spiro atoms. The number of aromatic nitrogens is 2. The molecule has 8 nitrogen and oxygen atoms in total. The van der Waals surface area contributed by atoms with E-state index in [-0.39, 0.29) is 35.7 Å². The summed E-state index contributed by atoms with van der Waals surface area (Å²) in [6.45, 7) is 17.4. The van der Waals surface area contributed by atoms with Crippen LogP contribution < -0.4 is 10.3 Å². The van der Waals surface area contributed by atoms with E-state index in [0.29, 0.717) is 13.2 Å². The molecule has 34 heavy (non-hydrogen) atoms. The van der Waals surface area contributed by atoms with Gasteiger partial charge in [-0.25, -0.2) is 4.98 Å². The van der Waals surface area contributed by atoms with Crippen molar-refractivity contribution in [1.29, 1.82) is 0 Å². The molecule has 3 atom stereocenters. The maximum atomic E-state index is 13.4. The van der Waals surface area contributed by atoms with Crippen molar-refractivity contribution in [2.75, 3.05) is 13.2 Å². The average Bonchev–Trinajstić information content (AvgIpc) is 3.24. The molecule has 3 unspecified atom stereocenters. The molecular weight excluding hydrogens is 436 g/mol. The van der Waals surface area contributed by atoms with E-state index in [9.17, 15) is 4.79 Å². The number of rotatable bonds is 4. The molecule has 0 saturated carbocycles. The minimum absolute atomic E-state index is 0.0180. The van der Waals surface area contributed by atoms with Crippen LogP contribution in [-0.4, -0.2) is 52.7 Å². The van der Waals surface area contributed by atoms with Gasteiger partial charge in [0, 0.05) is 6.54 Å². The van der Waals surface area contributed by atoms with Crippen molar-refractivity contribution in [1.82, 2.24) is 9.55 Å². The van der Waals surface area contributed by atoms with E-state index in [1.54, 1.807) is 0 Å². The van der Waals surface area contributed by atoms with Crippen LogP contribution in [-0.2, 0) is 30.9 Å². The largest absolute Gasteiger partial charge is 0.471 e. The van der Waals surface area contributed by atoms with Crippen LogP contribution in [0.2, 0.25) is 0 Å². The number of nitrogens with zero attached hydrogens (tertiary/aromatic N) is 2. The Morgan fingerprint density at radius 3 is 2.50 bits per heavy atom. The van der Waals surface area contributed by atoms with Crippen molar-refractivity contribution >= 4 is 11.0 Å². The van der Waals surface area contributed by atoms with Gasteiger partial charge in [0.1, 0.15) is 24.9 Å². The average molecular weight is 473 g/mol. The Kier molecular flexibility index (Phi) is 5.41. The Balaban J connectivity index is 1.46. The Morgan fingerprint density at radius 1 is 1.09 bits per heavy atom. The lowest BCUT2D eigenvalue weighted by atomic mass is 9.75. The fourth-order valence-corrected chi connectivity index (χ4v) is 5.61. The predicted molar refractivity (Wildman–Crippen MR) is 127 cm³/mol. The first kappa shape index (κ1) is 23.7. The lowest BCUT2D eigenvalue weighted by Crippen LogP contribution is -2.41. The third-order valence-corrected chi connectivity index (χ3v) is 7.36. The molecule has 2 aromatic rings. The van der Waals surface area contributed by atoms with Gasteiger partial charge in [-0.1, -0.05) is 13.8 Å². The van der Waals surface area contributed by atoms with Gasteiger partial charge in [0.2, 0.25) is 0 Å². The number of ether oxygens (including phenoxy) is 5. The standard InChI is InChI=1S/C26H36N2O6/c1-14-11-16-20-19(15(14)2)24(3,4)9-10-28(20)23(29)22(27-16)30-12-17-21(34-26(7,8)33-17)18-13-31-25(5,6)32-18/h11,17-18,21H,9-10,12-13H2,1-8H3. The van der Waals surface area contributed by atoms with Crippen molar-refractivity contribution in [3.8, 4) is 5.88 Å². The van der Waals surface area contributed by atoms with Gasteiger partial charge < -0.3 is 28.3 Å². The van der Waals surface area contributed by atoms with Gasteiger partial charge in [-0.3, -0.25) is 4.79 Å². The van der Waals surface area contributed by atoms with E-state index in [1.807, 2.05) is 38.3 Å². The number of hydrogen-bond donors (Lipinski definition) is 0. The molecule has 0 bridgehead atoms. The quantitative estimate of drug-likeness (QED) is 0.670. The molecular formula is C26H36N2O6. The summed E-state index contributed by atoms with van der Waals surface area (Å²) in [7, 11) is 0. The Labute approximate surface area is 200 Å². The highest BCUT2D eigenvalue weighted by atomic mass is 16.8. The third kappa shape index (κ3) is 3.94. The molecule has 2 fully saturated rings. The SMILES string of the molecule is Cc1cc2nc(OCC3OC(C)(C)OC3C3COC(C)(C)O3)c(=O)n3c2c(c1C)C(C)(C)CC3. The van der Waals surface area contributed by atoms with E-state index in [2.05, 4.69) is 32.7 Å². The highest BCUT2D eigenvalue weighted by molar-refractivity contribution is 5.83. The second kappa shape index (κ2) is 7.75. The van der Waals surface area contributed by atoms with Gasteiger partial charge in [-0.2, -0.15) is 0 Å². The zero-order chi connectivity index (χ0) is 24.6. The first-order valence-electron chi connectivity index (χ1n) is 12.1. The lowest BCUT2D eigenvalue weighted by molar-refractivity contribution is -0.174. The van der Waals surface area contributed by atoms with Gasteiger partial charge in [0.15, 0.2) is 11.6 Å². The van der Waals surface area contributed by atoms with Crippen LogP contribution in [0.1, 0.15) is 64.7 Å². The van der Waals surface area contributed by atoms with Crippen LogP contribution in [0.25, 0.3) is 11.0 Å². The molecule has 0 amide bonds. The summed E-state index contributed by atoms with van der Waals surface area (Å²) < 4.78 is 31.9. The smallest absolute Gasteiger partial charge is 0.313 e. The van der Waals surface area contributed by atoms with Gasteiger partial charge in [-0.05, 0) is 76.1 Å². The second-order valence-electron chi connectivity index (χ2n) is 11.4. The Hall–Kier alpha value is -2.00. The third-order valence-electron chi connectivity index (χ3n) is 7.36. The summed E-state index contributed by atoms with van der Waals surface area (Å²) >= 11 is 0.